The van der Waals surface area contributed by atoms with Crippen LogP contribution in [0.4, 0.5) is 11.5 Å². The van der Waals surface area contributed by atoms with E-state index in [-0.39, 0.29) is 5.69 Å². The maximum absolute atomic E-state index is 10.9. The molecule has 8 heteroatoms. The minimum atomic E-state index is -0.409. The molecule has 0 spiro atoms. The summed E-state index contributed by atoms with van der Waals surface area (Å²) in [7, 11) is 1.64. The molecule has 2 heterocycles. The van der Waals surface area contributed by atoms with E-state index >= 15 is 0 Å². The van der Waals surface area contributed by atoms with Crippen molar-refractivity contribution in [2.75, 3.05) is 19.0 Å². The number of anilines is 1. The predicted molar refractivity (Wildman–Crippen MR) is 102 cm³/mol. The summed E-state index contributed by atoms with van der Waals surface area (Å²) in [5.41, 5.74) is 3.68. The SMILES string of the molecule is COc1ccc(Br)cc1-c1nn(-c2ccc([N+](=O)[O-])cc2)c2c1CCN2. The lowest BCUT2D eigenvalue weighted by atomic mass is 10.1. The summed E-state index contributed by atoms with van der Waals surface area (Å²) in [6.07, 6.45) is 0.854. The van der Waals surface area contributed by atoms with E-state index in [9.17, 15) is 10.1 Å². The number of methoxy groups -OCH3 is 1. The molecule has 7 nitrogen and oxygen atoms in total. The number of halogens is 1. The smallest absolute Gasteiger partial charge is 0.269 e. The van der Waals surface area contributed by atoms with Crippen LogP contribution in [0.15, 0.2) is 46.9 Å². The van der Waals surface area contributed by atoms with Gasteiger partial charge in [0.25, 0.3) is 5.69 Å². The number of benzene rings is 2. The topological polar surface area (TPSA) is 82.2 Å². The zero-order valence-electron chi connectivity index (χ0n) is 13.9. The fraction of sp³-hybridized carbons (Fsp3) is 0.167. The molecule has 0 bridgehead atoms. The van der Waals surface area contributed by atoms with Gasteiger partial charge in [0, 0.05) is 34.3 Å². The number of nitrogens with zero attached hydrogens (tertiary/aromatic N) is 3. The van der Waals surface area contributed by atoms with Crippen LogP contribution in [0.2, 0.25) is 0 Å². The highest BCUT2D eigenvalue weighted by molar-refractivity contribution is 9.10. The molecule has 0 aliphatic carbocycles. The van der Waals surface area contributed by atoms with E-state index in [1.165, 1.54) is 12.1 Å². The van der Waals surface area contributed by atoms with Crippen molar-refractivity contribution >= 4 is 27.4 Å². The van der Waals surface area contributed by atoms with Crippen LogP contribution in [-0.2, 0) is 6.42 Å². The second kappa shape index (κ2) is 6.45. The standard InChI is InChI=1S/C18H15BrN4O3/c1-26-16-7-2-11(19)10-15(16)17-14-8-9-20-18(14)22(21-17)12-3-5-13(6-4-12)23(24)25/h2-7,10,20H,8-9H2,1H3. The Bertz CT molecular complexity index is 998. The Hall–Kier alpha value is -2.87. The van der Waals surface area contributed by atoms with Crippen LogP contribution in [0.1, 0.15) is 5.56 Å². The summed E-state index contributed by atoms with van der Waals surface area (Å²) in [5.74, 6) is 1.66. The highest BCUT2D eigenvalue weighted by Gasteiger charge is 2.26. The number of hydrogen-bond acceptors (Lipinski definition) is 5. The van der Waals surface area contributed by atoms with Gasteiger partial charge in [-0.2, -0.15) is 5.10 Å². The fourth-order valence-electron chi connectivity index (χ4n) is 3.16. The lowest BCUT2D eigenvalue weighted by Crippen LogP contribution is -2.04. The third-order valence-corrected chi connectivity index (χ3v) is 4.87. The summed E-state index contributed by atoms with van der Waals surface area (Å²) in [4.78, 5) is 10.5. The van der Waals surface area contributed by atoms with Gasteiger partial charge in [-0.3, -0.25) is 10.1 Å². The van der Waals surface area contributed by atoms with Crippen molar-refractivity contribution < 1.29 is 9.66 Å². The fourth-order valence-corrected chi connectivity index (χ4v) is 3.52. The van der Waals surface area contributed by atoms with Gasteiger partial charge in [0.2, 0.25) is 0 Å². The monoisotopic (exact) mass is 414 g/mol. The van der Waals surface area contributed by atoms with Gasteiger partial charge < -0.3 is 10.1 Å². The van der Waals surface area contributed by atoms with Crippen LogP contribution in [-0.4, -0.2) is 28.4 Å². The number of nitro groups is 1. The first-order chi connectivity index (χ1) is 12.6. The normalized spacial score (nSPS) is 12.5. The maximum atomic E-state index is 10.9. The Balaban J connectivity index is 1.86. The quantitative estimate of drug-likeness (QED) is 0.511. The van der Waals surface area contributed by atoms with E-state index in [1.807, 2.05) is 18.2 Å². The molecule has 0 amide bonds. The number of rotatable bonds is 4. The van der Waals surface area contributed by atoms with Gasteiger partial charge in [-0.25, -0.2) is 4.68 Å². The first-order valence-electron chi connectivity index (χ1n) is 8.03. The van der Waals surface area contributed by atoms with Gasteiger partial charge in [0.15, 0.2) is 0 Å². The van der Waals surface area contributed by atoms with Crippen molar-refractivity contribution in [3.8, 4) is 22.7 Å². The largest absolute Gasteiger partial charge is 0.496 e. The Morgan fingerprint density at radius 2 is 2.04 bits per heavy atom. The molecular weight excluding hydrogens is 400 g/mol. The molecule has 0 saturated carbocycles. The molecule has 0 atom stereocenters. The summed E-state index contributed by atoms with van der Waals surface area (Å²) in [5, 5.41) is 19.0. The highest BCUT2D eigenvalue weighted by Crippen LogP contribution is 2.39. The second-order valence-corrected chi connectivity index (χ2v) is 6.80. The van der Waals surface area contributed by atoms with Gasteiger partial charge in [0.05, 0.1) is 17.7 Å². The zero-order chi connectivity index (χ0) is 18.3. The average Bonchev–Trinajstić information content (AvgIpc) is 3.24. The maximum Gasteiger partial charge on any atom is 0.269 e. The van der Waals surface area contributed by atoms with E-state index in [2.05, 4.69) is 21.2 Å². The van der Waals surface area contributed by atoms with Crippen LogP contribution in [0.3, 0.4) is 0 Å². The molecule has 0 fully saturated rings. The van der Waals surface area contributed by atoms with Crippen LogP contribution >= 0.6 is 15.9 Å². The molecule has 4 rings (SSSR count). The highest BCUT2D eigenvalue weighted by atomic mass is 79.9. The van der Waals surface area contributed by atoms with Gasteiger partial charge in [-0.15, -0.1) is 0 Å². The van der Waals surface area contributed by atoms with Crippen molar-refractivity contribution in [3.05, 3.63) is 62.6 Å². The van der Waals surface area contributed by atoms with Gasteiger partial charge >= 0.3 is 0 Å². The second-order valence-electron chi connectivity index (χ2n) is 5.88. The van der Waals surface area contributed by atoms with Crippen molar-refractivity contribution in [2.45, 2.75) is 6.42 Å². The van der Waals surface area contributed by atoms with Crippen LogP contribution in [0.5, 0.6) is 5.75 Å². The van der Waals surface area contributed by atoms with Crippen molar-refractivity contribution in [2.24, 2.45) is 0 Å². The van der Waals surface area contributed by atoms with Gasteiger partial charge in [0.1, 0.15) is 17.3 Å². The van der Waals surface area contributed by atoms with Crippen LogP contribution in [0, 0.1) is 10.1 Å². The van der Waals surface area contributed by atoms with E-state index < -0.39 is 4.92 Å². The Morgan fingerprint density at radius 3 is 2.73 bits per heavy atom. The number of hydrogen-bond donors (Lipinski definition) is 1. The average molecular weight is 415 g/mol. The molecule has 1 aromatic heterocycles. The molecule has 0 unspecified atom stereocenters. The van der Waals surface area contributed by atoms with Gasteiger partial charge in [-0.05, 0) is 36.8 Å². The third-order valence-electron chi connectivity index (χ3n) is 4.37. The van der Waals surface area contributed by atoms with Crippen LogP contribution in [0.25, 0.3) is 16.9 Å². The molecule has 26 heavy (non-hydrogen) atoms. The molecule has 0 radical (unpaired) electrons. The van der Waals surface area contributed by atoms with Gasteiger partial charge in [-0.1, -0.05) is 15.9 Å². The number of non-ortho nitro benzene ring substituents is 1. The van der Waals surface area contributed by atoms with E-state index in [0.29, 0.717) is 0 Å². The first-order valence-corrected chi connectivity index (χ1v) is 8.82. The Kier molecular flexibility index (Phi) is 4.12. The number of nitrogens with one attached hydrogen (secondary N) is 1. The lowest BCUT2D eigenvalue weighted by Gasteiger charge is -2.08. The summed E-state index contributed by atoms with van der Waals surface area (Å²) in [6.45, 7) is 0.823. The summed E-state index contributed by atoms with van der Waals surface area (Å²) in [6, 6.07) is 12.2. The summed E-state index contributed by atoms with van der Waals surface area (Å²) >= 11 is 3.51. The van der Waals surface area contributed by atoms with Crippen molar-refractivity contribution in [3.63, 3.8) is 0 Å². The molecule has 1 aliphatic heterocycles. The number of nitro benzene ring substituents is 1. The number of ether oxygens (including phenoxy) is 1. The minimum absolute atomic E-state index is 0.0550. The van der Waals surface area contributed by atoms with Crippen molar-refractivity contribution in [1.82, 2.24) is 9.78 Å². The molecule has 1 aliphatic rings. The zero-order valence-corrected chi connectivity index (χ0v) is 15.5. The number of fused-ring (bicyclic) bond motifs is 1. The predicted octanol–water partition coefficient (Wildman–Crippen LogP) is 4.19. The Morgan fingerprint density at radius 1 is 1.27 bits per heavy atom. The lowest BCUT2D eigenvalue weighted by molar-refractivity contribution is -0.384. The van der Waals surface area contributed by atoms with E-state index in [1.54, 1.807) is 23.9 Å². The van der Waals surface area contributed by atoms with Crippen molar-refractivity contribution in [1.29, 1.82) is 0 Å². The molecule has 132 valence electrons. The van der Waals surface area contributed by atoms with E-state index in [4.69, 9.17) is 9.84 Å². The summed E-state index contributed by atoms with van der Waals surface area (Å²) < 4.78 is 8.24. The molecule has 2 aromatic carbocycles. The molecule has 0 saturated heterocycles. The molecular formula is C18H15BrN4O3. The van der Waals surface area contributed by atoms with Crippen LogP contribution < -0.4 is 10.1 Å². The first kappa shape index (κ1) is 16.6. The number of aromatic nitrogens is 2. The van der Waals surface area contributed by atoms with E-state index in [0.717, 1.165) is 51.5 Å². The third kappa shape index (κ3) is 2.72. The minimum Gasteiger partial charge on any atom is -0.496 e. The Labute approximate surface area is 157 Å². The molecule has 1 N–H and O–H groups in total. The molecule has 3 aromatic rings.